The first-order chi connectivity index (χ1) is 4.74. The van der Waals surface area contributed by atoms with Gasteiger partial charge in [-0.05, 0) is 5.92 Å². The first-order valence-corrected chi connectivity index (χ1v) is 4.74. The van der Waals surface area contributed by atoms with Crippen LogP contribution in [0.25, 0.3) is 0 Å². The van der Waals surface area contributed by atoms with E-state index in [0.717, 1.165) is 18.4 Å². The van der Waals surface area contributed by atoms with Crippen LogP contribution in [0.5, 0.6) is 0 Å². The first-order valence-electron chi connectivity index (χ1n) is 4.74. The van der Waals surface area contributed by atoms with Crippen LogP contribution >= 0.6 is 0 Å². The Morgan fingerprint density at radius 3 is 2.30 bits per heavy atom. The predicted molar refractivity (Wildman–Crippen MR) is 48.9 cm³/mol. The highest BCUT2D eigenvalue weighted by atomic mass is 14.2. The molecule has 10 heavy (non-hydrogen) atoms. The van der Waals surface area contributed by atoms with Crippen molar-refractivity contribution in [3.63, 3.8) is 0 Å². The summed E-state index contributed by atoms with van der Waals surface area (Å²) < 4.78 is 0. The standard InChI is InChI=1S/C9H19B/c1-4-8-5-6-9(7-8)10(2)3/h8-9H,4-7H2,1-3H3. The van der Waals surface area contributed by atoms with Gasteiger partial charge in [0.15, 0.2) is 0 Å². The van der Waals surface area contributed by atoms with Crippen molar-refractivity contribution in [1.82, 2.24) is 0 Å². The molecule has 0 saturated heterocycles. The minimum absolute atomic E-state index is 0.927. The van der Waals surface area contributed by atoms with E-state index in [2.05, 4.69) is 20.6 Å². The summed E-state index contributed by atoms with van der Waals surface area (Å²) in [5.74, 6) is 2.11. The highest BCUT2D eigenvalue weighted by Gasteiger charge is 2.26. The zero-order chi connectivity index (χ0) is 7.56. The van der Waals surface area contributed by atoms with Gasteiger partial charge in [-0.3, -0.25) is 0 Å². The molecular weight excluding hydrogens is 119 g/mol. The lowest BCUT2D eigenvalue weighted by molar-refractivity contribution is 0.530. The molecule has 0 radical (unpaired) electrons. The lowest BCUT2D eigenvalue weighted by atomic mass is 9.44. The van der Waals surface area contributed by atoms with E-state index in [1.165, 1.54) is 25.7 Å². The first kappa shape index (κ1) is 8.16. The second kappa shape index (κ2) is 3.45. The predicted octanol–water partition coefficient (Wildman–Crippen LogP) is 3.32. The summed E-state index contributed by atoms with van der Waals surface area (Å²) in [4.78, 5) is 0. The molecule has 2 atom stereocenters. The molecule has 0 amide bonds. The fraction of sp³-hybridized carbons (Fsp3) is 1.00. The molecule has 1 aliphatic carbocycles. The van der Waals surface area contributed by atoms with E-state index in [0.29, 0.717) is 0 Å². The van der Waals surface area contributed by atoms with E-state index < -0.39 is 0 Å². The molecule has 58 valence electrons. The van der Waals surface area contributed by atoms with Crippen LogP contribution in [0.15, 0.2) is 0 Å². The van der Waals surface area contributed by atoms with E-state index in [1.54, 1.807) is 0 Å². The second-order valence-electron chi connectivity index (χ2n) is 4.09. The highest BCUT2D eigenvalue weighted by molar-refractivity contribution is 6.57. The highest BCUT2D eigenvalue weighted by Crippen LogP contribution is 2.38. The molecule has 0 nitrogen and oxygen atoms in total. The molecule has 0 aromatic heterocycles. The van der Waals surface area contributed by atoms with Gasteiger partial charge in [-0.15, -0.1) is 0 Å². The van der Waals surface area contributed by atoms with Crippen LogP contribution in [0.2, 0.25) is 19.5 Å². The van der Waals surface area contributed by atoms with Crippen molar-refractivity contribution >= 4 is 6.71 Å². The van der Waals surface area contributed by atoms with Gasteiger partial charge in [0.05, 0.1) is 0 Å². The molecule has 0 spiro atoms. The Morgan fingerprint density at radius 2 is 2.00 bits per heavy atom. The summed E-state index contributed by atoms with van der Waals surface area (Å²) >= 11 is 0. The number of hydrogen-bond acceptors (Lipinski definition) is 0. The Kier molecular flexibility index (Phi) is 2.82. The summed E-state index contributed by atoms with van der Waals surface area (Å²) in [7, 11) is 0. The van der Waals surface area contributed by atoms with Gasteiger partial charge in [-0.1, -0.05) is 52.1 Å². The minimum Gasteiger partial charge on any atom is -0.0861 e. The van der Waals surface area contributed by atoms with Crippen molar-refractivity contribution in [1.29, 1.82) is 0 Å². The van der Waals surface area contributed by atoms with E-state index >= 15 is 0 Å². The van der Waals surface area contributed by atoms with E-state index in [1.807, 2.05) is 0 Å². The molecule has 0 N–H and O–H groups in total. The van der Waals surface area contributed by atoms with Gasteiger partial charge in [0, 0.05) is 0 Å². The van der Waals surface area contributed by atoms with Crippen molar-refractivity contribution < 1.29 is 0 Å². The largest absolute Gasteiger partial charge is 0.136 e. The van der Waals surface area contributed by atoms with Crippen molar-refractivity contribution in [2.45, 2.75) is 52.1 Å². The van der Waals surface area contributed by atoms with Gasteiger partial charge >= 0.3 is 0 Å². The molecule has 1 heteroatoms. The van der Waals surface area contributed by atoms with E-state index in [4.69, 9.17) is 0 Å². The number of hydrogen-bond donors (Lipinski definition) is 0. The molecule has 0 aromatic rings. The average molecular weight is 138 g/mol. The smallest absolute Gasteiger partial charge is 0.0861 e. The maximum atomic E-state index is 2.36. The van der Waals surface area contributed by atoms with E-state index in [-0.39, 0.29) is 0 Å². The van der Waals surface area contributed by atoms with Gasteiger partial charge in [-0.25, -0.2) is 0 Å². The molecule has 1 fully saturated rings. The second-order valence-corrected chi connectivity index (χ2v) is 4.09. The minimum atomic E-state index is 0.927. The summed E-state index contributed by atoms with van der Waals surface area (Å²) in [6, 6.07) is 0. The molecule has 0 heterocycles. The Labute approximate surface area is 65.5 Å². The van der Waals surface area contributed by atoms with E-state index in [9.17, 15) is 0 Å². The summed E-state index contributed by atoms with van der Waals surface area (Å²) in [5, 5.41) is 0. The average Bonchev–Trinajstić information content (AvgIpc) is 2.34. The van der Waals surface area contributed by atoms with Crippen LogP contribution in [-0.2, 0) is 0 Å². The molecular formula is C9H19B. The Morgan fingerprint density at radius 1 is 1.30 bits per heavy atom. The molecule has 1 rings (SSSR count). The Balaban J connectivity index is 2.28. The molecule has 2 unspecified atom stereocenters. The molecule has 0 bridgehead atoms. The van der Waals surface area contributed by atoms with Gasteiger partial charge in [0.25, 0.3) is 0 Å². The van der Waals surface area contributed by atoms with Gasteiger partial charge < -0.3 is 0 Å². The summed E-state index contributed by atoms with van der Waals surface area (Å²) in [6.07, 6.45) is 5.91. The van der Waals surface area contributed by atoms with Crippen LogP contribution < -0.4 is 0 Å². The maximum Gasteiger partial charge on any atom is 0.136 e. The van der Waals surface area contributed by atoms with Crippen molar-refractivity contribution in [3.05, 3.63) is 0 Å². The zero-order valence-electron chi connectivity index (χ0n) is 7.56. The zero-order valence-corrected chi connectivity index (χ0v) is 7.56. The van der Waals surface area contributed by atoms with Crippen LogP contribution in [0.3, 0.4) is 0 Å². The van der Waals surface area contributed by atoms with Crippen molar-refractivity contribution in [3.8, 4) is 0 Å². The lowest BCUT2D eigenvalue weighted by Crippen LogP contribution is -2.08. The number of rotatable bonds is 2. The normalized spacial score (nSPS) is 32.7. The van der Waals surface area contributed by atoms with Crippen molar-refractivity contribution in [2.24, 2.45) is 5.92 Å². The third-order valence-electron chi connectivity index (χ3n) is 3.10. The third-order valence-corrected chi connectivity index (χ3v) is 3.10. The maximum absolute atomic E-state index is 2.36. The monoisotopic (exact) mass is 138 g/mol. The fourth-order valence-corrected chi connectivity index (χ4v) is 2.09. The van der Waals surface area contributed by atoms with Gasteiger partial charge in [0.1, 0.15) is 6.71 Å². The topological polar surface area (TPSA) is 0 Å². The van der Waals surface area contributed by atoms with Crippen LogP contribution in [0, 0.1) is 5.92 Å². The van der Waals surface area contributed by atoms with Crippen LogP contribution in [0.1, 0.15) is 32.6 Å². The third kappa shape index (κ3) is 1.77. The Hall–Kier alpha value is 0.0649. The molecule has 0 aromatic carbocycles. The summed E-state index contributed by atoms with van der Waals surface area (Å²) in [5.41, 5.74) is 0. The molecule has 1 aliphatic rings. The van der Waals surface area contributed by atoms with Crippen LogP contribution in [-0.4, -0.2) is 6.71 Å². The molecule has 1 saturated carbocycles. The molecule has 0 aliphatic heterocycles. The van der Waals surface area contributed by atoms with Gasteiger partial charge in [0.2, 0.25) is 0 Å². The van der Waals surface area contributed by atoms with Crippen LogP contribution in [0.4, 0.5) is 0 Å². The SMILES string of the molecule is CCC1CCC(B(C)C)C1. The summed E-state index contributed by atoms with van der Waals surface area (Å²) in [6.45, 7) is 7.98. The lowest BCUT2D eigenvalue weighted by Gasteiger charge is -2.10. The van der Waals surface area contributed by atoms with Gasteiger partial charge in [-0.2, -0.15) is 0 Å². The Bertz CT molecular complexity index is 98.9. The van der Waals surface area contributed by atoms with Crippen molar-refractivity contribution in [2.75, 3.05) is 0 Å². The quantitative estimate of drug-likeness (QED) is 0.513. The fourth-order valence-electron chi connectivity index (χ4n) is 2.09.